The van der Waals surface area contributed by atoms with Gasteiger partial charge < -0.3 is 10.1 Å². The van der Waals surface area contributed by atoms with Crippen LogP contribution in [-0.2, 0) is 4.74 Å². The number of morpholine rings is 1. The smallest absolute Gasteiger partial charge is 0.320 e. The van der Waals surface area contributed by atoms with E-state index in [1.807, 2.05) is 36.5 Å². The number of hydrogen-bond acceptors (Lipinski definition) is 4. The van der Waals surface area contributed by atoms with Crippen molar-refractivity contribution in [2.45, 2.75) is 13.0 Å². The predicted octanol–water partition coefficient (Wildman–Crippen LogP) is 1.71. The first kappa shape index (κ1) is 16.5. The van der Waals surface area contributed by atoms with Crippen LogP contribution in [0, 0.1) is 0 Å². The minimum atomic E-state index is -0.242. The van der Waals surface area contributed by atoms with Crippen LogP contribution >= 0.6 is 0 Å². The summed E-state index contributed by atoms with van der Waals surface area (Å²) in [5.74, 6) is 0.523. The maximum atomic E-state index is 12.0. The van der Waals surface area contributed by atoms with Crippen molar-refractivity contribution < 1.29 is 9.53 Å². The minimum Gasteiger partial charge on any atom is -0.379 e. The first-order valence-corrected chi connectivity index (χ1v) is 8.20. The monoisotopic (exact) mass is 329 g/mol. The summed E-state index contributed by atoms with van der Waals surface area (Å²) in [5.41, 5.74) is 0.951. The number of carbonyl (C=O) groups excluding carboxylic acids is 1. The fourth-order valence-corrected chi connectivity index (χ4v) is 2.66. The summed E-state index contributed by atoms with van der Waals surface area (Å²) in [6.07, 6.45) is 1.82. The van der Waals surface area contributed by atoms with E-state index in [0.717, 1.165) is 32.0 Å². The van der Waals surface area contributed by atoms with E-state index in [-0.39, 0.29) is 12.1 Å². The van der Waals surface area contributed by atoms with Crippen molar-refractivity contribution in [2.24, 2.45) is 0 Å². The van der Waals surface area contributed by atoms with Gasteiger partial charge in [-0.2, -0.15) is 0 Å². The number of anilines is 1. The Bertz CT molecular complexity index is 652. The first-order valence-electron chi connectivity index (χ1n) is 8.20. The summed E-state index contributed by atoms with van der Waals surface area (Å²) in [7, 11) is 0. The molecule has 0 unspecified atom stereocenters. The number of carbonyl (C=O) groups is 1. The number of benzene rings is 1. The number of aromatic nitrogens is 2. The van der Waals surface area contributed by atoms with Crippen molar-refractivity contribution in [1.29, 1.82) is 0 Å². The molecule has 0 aliphatic carbocycles. The molecule has 1 atom stereocenters. The average Bonchev–Trinajstić information content (AvgIpc) is 3.09. The molecule has 7 nitrogen and oxygen atoms in total. The van der Waals surface area contributed by atoms with Gasteiger partial charge in [-0.25, -0.2) is 9.48 Å². The van der Waals surface area contributed by atoms with Crippen LogP contribution in [0.2, 0.25) is 0 Å². The molecule has 2 amide bonds. The van der Waals surface area contributed by atoms with Gasteiger partial charge in [0.05, 0.1) is 18.9 Å². The normalized spacial score (nSPS) is 16.5. The van der Waals surface area contributed by atoms with E-state index in [2.05, 4.69) is 27.6 Å². The second kappa shape index (κ2) is 7.94. The summed E-state index contributed by atoms with van der Waals surface area (Å²) >= 11 is 0. The van der Waals surface area contributed by atoms with Crippen LogP contribution < -0.4 is 10.6 Å². The van der Waals surface area contributed by atoms with Crippen molar-refractivity contribution in [1.82, 2.24) is 20.0 Å². The van der Waals surface area contributed by atoms with Gasteiger partial charge in [-0.1, -0.05) is 18.2 Å². The molecule has 3 rings (SSSR count). The lowest BCUT2D eigenvalue weighted by Crippen LogP contribution is -2.47. The third kappa shape index (κ3) is 4.33. The van der Waals surface area contributed by atoms with Crippen LogP contribution in [0.3, 0.4) is 0 Å². The summed E-state index contributed by atoms with van der Waals surface area (Å²) in [4.78, 5) is 14.3. The topological polar surface area (TPSA) is 71.4 Å². The largest absolute Gasteiger partial charge is 0.379 e. The Morgan fingerprint density at radius 1 is 1.25 bits per heavy atom. The molecule has 2 heterocycles. The van der Waals surface area contributed by atoms with Gasteiger partial charge in [-0.05, 0) is 19.1 Å². The van der Waals surface area contributed by atoms with Gasteiger partial charge in [-0.3, -0.25) is 10.2 Å². The lowest BCUT2D eigenvalue weighted by Gasteiger charge is -2.32. The number of nitrogens with zero attached hydrogens (tertiary/aromatic N) is 3. The fourth-order valence-electron chi connectivity index (χ4n) is 2.66. The fraction of sp³-hybridized carbons (Fsp3) is 0.412. The standard InChI is InChI=1S/C17H23N5O2/c1-14(21-9-11-24-12-10-21)13-18-17(23)19-16-7-8-22(20-16)15-5-3-2-4-6-15/h2-8,14H,9-13H2,1H3,(H2,18,19,20,23)/t14-/m1/s1. The van der Waals surface area contributed by atoms with Gasteiger partial charge >= 0.3 is 6.03 Å². The van der Waals surface area contributed by atoms with Crippen LogP contribution in [0.25, 0.3) is 5.69 Å². The van der Waals surface area contributed by atoms with Crippen molar-refractivity contribution in [2.75, 3.05) is 38.2 Å². The Labute approximate surface area is 141 Å². The summed E-state index contributed by atoms with van der Waals surface area (Å²) in [6.45, 7) is 6.03. The van der Waals surface area contributed by atoms with E-state index in [0.29, 0.717) is 12.4 Å². The third-order valence-electron chi connectivity index (χ3n) is 4.08. The van der Waals surface area contributed by atoms with E-state index >= 15 is 0 Å². The lowest BCUT2D eigenvalue weighted by molar-refractivity contribution is 0.0209. The molecule has 1 fully saturated rings. The summed E-state index contributed by atoms with van der Waals surface area (Å²) < 4.78 is 7.07. The Balaban J connectivity index is 1.47. The number of urea groups is 1. The minimum absolute atomic E-state index is 0.242. The highest BCUT2D eigenvalue weighted by molar-refractivity contribution is 5.88. The number of nitrogens with one attached hydrogen (secondary N) is 2. The van der Waals surface area contributed by atoms with E-state index in [1.165, 1.54) is 0 Å². The van der Waals surface area contributed by atoms with E-state index in [9.17, 15) is 4.79 Å². The highest BCUT2D eigenvalue weighted by Gasteiger charge is 2.17. The van der Waals surface area contributed by atoms with Crippen LogP contribution in [0.1, 0.15) is 6.92 Å². The zero-order chi connectivity index (χ0) is 16.8. The molecule has 1 aliphatic heterocycles. The molecule has 7 heteroatoms. The van der Waals surface area contributed by atoms with Crippen LogP contribution in [-0.4, -0.2) is 59.6 Å². The maximum absolute atomic E-state index is 12.0. The highest BCUT2D eigenvalue weighted by atomic mass is 16.5. The second-order valence-electron chi connectivity index (χ2n) is 5.81. The summed E-state index contributed by atoms with van der Waals surface area (Å²) in [5, 5.41) is 10.0. The van der Waals surface area contributed by atoms with Gasteiger partial charge in [0.25, 0.3) is 0 Å². The molecule has 24 heavy (non-hydrogen) atoms. The third-order valence-corrected chi connectivity index (χ3v) is 4.08. The molecule has 0 bridgehead atoms. The van der Waals surface area contributed by atoms with Crippen molar-refractivity contribution in [3.8, 4) is 5.69 Å². The first-order chi connectivity index (χ1) is 11.7. The van der Waals surface area contributed by atoms with Crippen LogP contribution in [0.4, 0.5) is 10.6 Å². The summed E-state index contributed by atoms with van der Waals surface area (Å²) in [6, 6.07) is 11.6. The molecular weight excluding hydrogens is 306 g/mol. The number of para-hydroxylation sites is 1. The van der Waals surface area contributed by atoms with Gasteiger partial charge in [0, 0.05) is 37.9 Å². The maximum Gasteiger partial charge on any atom is 0.320 e. The zero-order valence-electron chi connectivity index (χ0n) is 13.8. The molecule has 0 radical (unpaired) electrons. The molecule has 1 aromatic heterocycles. The van der Waals surface area contributed by atoms with E-state index in [4.69, 9.17) is 4.74 Å². The predicted molar refractivity (Wildman–Crippen MR) is 92.4 cm³/mol. The Kier molecular flexibility index (Phi) is 5.45. The molecule has 1 aliphatic rings. The van der Waals surface area contributed by atoms with Gasteiger partial charge in [-0.15, -0.1) is 5.10 Å². The Morgan fingerprint density at radius 3 is 2.75 bits per heavy atom. The van der Waals surface area contributed by atoms with Crippen molar-refractivity contribution >= 4 is 11.8 Å². The number of hydrogen-bond donors (Lipinski definition) is 2. The van der Waals surface area contributed by atoms with Crippen molar-refractivity contribution in [3.63, 3.8) is 0 Å². The second-order valence-corrected chi connectivity index (χ2v) is 5.81. The van der Waals surface area contributed by atoms with Gasteiger partial charge in [0.2, 0.25) is 0 Å². The van der Waals surface area contributed by atoms with Crippen LogP contribution in [0.15, 0.2) is 42.6 Å². The van der Waals surface area contributed by atoms with Crippen LogP contribution in [0.5, 0.6) is 0 Å². The van der Waals surface area contributed by atoms with Gasteiger partial charge in [0.15, 0.2) is 5.82 Å². The number of amides is 2. The molecule has 1 saturated heterocycles. The molecule has 0 saturated carbocycles. The Hall–Kier alpha value is -2.38. The van der Waals surface area contributed by atoms with E-state index in [1.54, 1.807) is 10.7 Å². The van der Waals surface area contributed by atoms with E-state index < -0.39 is 0 Å². The number of ether oxygens (including phenoxy) is 1. The Morgan fingerprint density at radius 2 is 2.00 bits per heavy atom. The number of rotatable bonds is 5. The lowest BCUT2D eigenvalue weighted by atomic mass is 10.2. The average molecular weight is 329 g/mol. The molecular formula is C17H23N5O2. The molecule has 2 N–H and O–H groups in total. The molecule has 1 aromatic carbocycles. The van der Waals surface area contributed by atoms with Gasteiger partial charge in [0.1, 0.15) is 0 Å². The SMILES string of the molecule is C[C@H](CNC(=O)Nc1ccn(-c2ccccc2)n1)N1CCOCC1. The quantitative estimate of drug-likeness (QED) is 0.876. The van der Waals surface area contributed by atoms with Crippen molar-refractivity contribution in [3.05, 3.63) is 42.6 Å². The molecule has 2 aromatic rings. The highest BCUT2D eigenvalue weighted by Crippen LogP contribution is 2.09. The molecule has 0 spiro atoms. The molecule has 128 valence electrons. The zero-order valence-corrected chi connectivity index (χ0v) is 13.8.